The number of para-hydroxylation sites is 1. The molecule has 0 bridgehead atoms. The van der Waals surface area contributed by atoms with Crippen LogP contribution in [0.5, 0.6) is 5.75 Å². The van der Waals surface area contributed by atoms with Gasteiger partial charge in [0.1, 0.15) is 18.2 Å². The smallest absolute Gasteiger partial charge is 0.168 e. The summed E-state index contributed by atoms with van der Waals surface area (Å²) in [4.78, 5) is 8.88. The number of hydrogen-bond acceptors (Lipinski definition) is 4. The van der Waals surface area contributed by atoms with Crippen molar-refractivity contribution in [1.82, 2.24) is 9.97 Å². The van der Waals surface area contributed by atoms with Gasteiger partial charge in [0, 0.05) is 18.3 Å². The predicted octanol–water partition coefficient (Wildman–Crippen LogP) is 4.71. The zero-order valence-corrected chi connectivity index (χ0v) is 15.2. The molecule has 0 atom stereocenters. The Labute approximate surface area is 141 Å². The fourth-order valence-electron chi connectivity index (χ4n) is 1.80. The van der Waals surface area contributed by atoms with Crippen LogP contribution in [-0.2, 0) is 6.61 Å². The lowest BCUT2D eigenvalue weighted by atomic mass is 10.3. The van der Waals surface area contributed by atoms with E-state index < -0.39 is 0 Å². The van der Waals surface area contributed by atoms with Crippen LogP contribution < -0.4 is 10.1 Å². The Kier molecular flexibility index (Phi) is 5.99. The maximum atomic E-state index is 5.82. The summed E-state index contributed by atoms with van der Waals surface area (Å²) in [5, 5.41) is 3.27. The summed E-state index contributed by atoms with van der Waals surface area (Å²) in [5.41, 5.74) is 0.924. The number of aryl methyl sites for hydroxylation is 1. The van der Waals surface area contributed by atoms with E-state index in [2.05, 4.69) is 54.1 Å². The molecule has 0 saturated carbocycles. The molecule has 112 valence electrons. The molecule has 4 nitrogen and oxygen atoms in total. The van der Waals surface area contributed by atoms with Gasteiger partial charge in [-0.1, -0.05) is 13.0 Å². The lowest BCUT2D eigenvalue weighted by Gasteiger charge is -2.11. The standard InChI is InChI=1S/C15H17Br2N3O/c1-3-7-18-13-8-10(2)19-14(20-13)9-21-15-11(16)5-4-6-12(15)17/h4-6,8H,3,7,9H2,1-2H3,(H,18,19,20). The summed E-state index contributed by atoms with van der Waals surface area (Å²) in [7, 11) is 0. The van der Waals surface area contributed by atoms with Crippen molar-refractivity contribution < 1.29 is 4.74 Å². The Morgan fingerprint density at radius 2 is 1.90 bits per heavy atom. The molecule has 0 aliphatic rings. The summed E-state index contributed by atoms with van der Waals surface area (Å²) in [6.07, 6.45) is 1.05. The van der Waals surface area contributed by atoms with Crippen molar-refractivity contribution in [3.63, 3.8) is 0 Å². The molecule has 1 aromatic carbocycles. The molecule has 0 aliphatic carbocycles. The maximum absolute atomic E-state index is 5.82. The normalized spacial score (nSPS) is 10.5. The van der Waals surface area contributed by atoms with Crippen LogP contribution in [0.1, 0.15) is 24.9 Å². The third kappa shape index (κ3) is 4.68. The van der Waals surface area contributed by atoms with E-state index >= 15 is 0 Å². The highest BCUT2D eigenvalue weighted by Gasteiger charge is 2.08. The van der Waals surface area contributed by atoms with E-state index in [1.165, 1.54) is 0 Å². The largest absolute Gasteiger partial charge is 0.483 e. The van der Waals surface area contributed by atoms with Crippen LogP contribution in [0.3, 0.4) is 0 Å². The molecule has 21 heavy (non-hydrogen) atoms. The van der Waals surface area contributed by atoms with Gasteiger partial charge in [0.25, 0.3) is 0 Å². The van der Waals surface area contributed by atoms with Crippen LogP contribution >= 0.6 is 31.9 Å². The molecule has 0 unspecified atom stereocenters. The van der Waals surface area contributed by atoms with Crippen molar-refractivity contribution in [2.24, 2.45) is 0 Å². The Morgan fingerprint density at radius 1 is 1.19 bits per heavy atom. The SMILES string of the molecule is CCCNc1cc(C)nc(COc2c(Br)cccc2Br)n1. The molecule has 0 fully saturated rings. The van der Waals surface area contributed by atoms with Crippen molar-refractivity contribution in [2.45, 2.75) is 26.9 Å². The predicted molar refractivity (Wildman–Crippen MR) is 91.7 cm³/mol. The average Bonchev–Trinajstić information content (AvgIpc) is 2.44. The lowest BCUT2D eigenvalue weighted by Crippen LogP contribution is -2.08. The van der Waals surface area contributed by atoms with Crippen molar-refractivity contribution in [3.05, 3.63) is 44.7 Å². The van der Waals surface area contributed by atoms with Gasteiger partial charge in [0.05, 0.1) is 8.95 Å². The van der Waals surface area contributed by atoms with Gasteiger partial charge in [0.2, 0.25) is 0 Å². The number of aromatic nitrogens is 2. The van der Waals surface area contributed by atoms with E-state index in [9.17, 15) is 0 Å². The van der Waals surface area contributed by atoms with E-state index in [0.717, 1.165) is 39.2 Å². The van der Waals surface area contributed by atoms with Crippen molar-refractivity contribution >= 4 is 37.7 Å². The van der Waals surface area contributed by atoms with Gasteiger partial charge < -0.3 is 10.1 Å². The van der Waals surface area contributed by atoms with Crippen LogP contribution in [0.15, 0.2) is 33.2 Å². The number of halogens is 2. The first-order valence-corrected chi connectivity index (χ1v) is 8.34. The highest BCUT2D eigenvalue weighted by molar-refractivity contribution is 9.11. The molecular formula is C15H17Br2N3O. The number of anilines is 1. The molecule has 0 aliphatic heterocycles. The number of ether oxygens (including phenoxy) is 1. The van der Waals surface area contributed by atoms with Gasteiger partial charge in [-0.3, -0.25) is 0 Å². The molecule has 0 spiro atoms. The number of hydrogen-bond donors (Lipinski definition) is 1. The quantitative estimate of drug-likeness (QED) is 0.743. The summed E-state index contributed by atoms with van der Waals surface area (Å²) < 4.78 is 7.62. The highest BCUT2D eigenvalue weighted by atomic mass is 79.9. The van der Waals surface area contributed by atoms with Gasteiger partial charge >= 0.3 is 0 Å². The second-order valence-corrected chi connectivity index (χ2v) is 6.29. The average molecular weight is 415 g/mol. The fourth-order valence-corrected chi connectivity index (χ4v) is 3.02. The van der Waals surface area contributed by atoms with Crippen molar-refractivity contribution in [1.29, 1.82) is 0 Å². The number of benzene rings is 1. The molecular weight excluding hydrogens is 398 g/mol. The minimum Gasteiger partial charge on any atom is -0.483 e. The number of rotatable bonds is 6. The van der Waals surface area contributed by atoms with Crippen molar-refractivity contribution in [3.8, 4) is 5.75 Å². The van der Waals surface area contributed by atoms with E-state index in [1.54, 1.807) is 0 Å². The summed E-state index contributed by atoms with van der Waals surface area (Å²) in [6.45, 7) is 5.29. The molecule has 1 aromatic heterocycles. The monoisotopic (exact) mass is 413 g/mol. The number of nitrogens with one attached hydrogen (secondary N) is 1. The molecule has 1 N–H and O–H groups in total. The molecule has 2 rings (SSSR count). The summed E-state index contributed by atoms with van der Waals surface area (Å²) >= 11 is 6.95. The summed E-state index contributed by atoms with van der Waals surface area (Å²) in [6, 6.07) is 7.75. The highest BCUT2D eigenvalue weighted by Crippen LogP contribution is 2.33. The van der Waals surface area contributed by atoms with Crippen molar-refractivity contribution in [2.75, 3.05) is 11.9 Å². The van der Waals surface area contributed by atoms with Gasteiger partial charge in [-0.25, -0.2) is 9.97 Å². The second kappa shape index (κ2) is 7.75. The third-order valence-corrected chi connectivity index (χ3v) is 3.97. The lowest BCUT2D eigenvalue weighted by molar-refractivity contribution is 0.292. The van der Waals surface area contributed by atoms with E-state index in [4.69, 9.17) is 4.74 Å². The molecule has 6 heteroatoms. The van der Waals surface area contributed by atoms with E-state index in [-0.39, 0.29) is 0 Å². The second-order valence-electron chi connectivity index (χ2n) is 4.58. The zero-order chi connectivity index (χ0) is 15.2. The van der Waals surface area contributed by atoms with Gasteiger partial charge in [-0.15, -0.1) is 0 Å². The third-order valence-electron chi connectivity index (χ3n) is 2.72. The van der Waals surface area contributed by atoms with E-state index in [0.29, 0.717) is 12.4 Å². The van der Waals surface area contributed by atoms with Gasteiger partial charge in [-0.2, -0.15) is 0 Å². The topological polar surface area (TPSA) is 47.0 Å². The minimum atomic E-state index is 0.323. The minimum absolute atomic E-state index is 0.323. The van der Waals surface area contributed by atoms with Crippen LogP contribution in [0.2, 0.25) is 0 Å². The first-order valence-electron chi connectivity index (χ1n) is 6.75. The Balaban J connectivity index is 2.11. The molecule has 1 heterocycles. The van der Waals surface area contributed by atoms with Crippen LogP contribution in [-0.4, -0.2) is 16.5 Å². The maximum Gasteiger partial charge on any atom is 0.168 e. The van der Waals surface area contributed by atoms with Crippen LogP contribution in [0.4, 0.5) is 5.82 Å². The zero-order valence-electron chi connectivity index (χ0n) is 12.0. The van der Waals surface area contributed by atoms with Gasteiger partial charge in [-0.05, 0) is 57.3 Å². The Bertz CT molecular complexity index is 600. The van der Waals surface area contributed by atoms with Crippen LogP contribution in [0, 0.1) is 6.92 Å². The van der Waals surface area contributed by atoms with Gasteiger partial charge in [0.15, 0.2) is 5.82 Å². The Hall–Kier alpha value is -1.14. The molecule has 0 radical (unpaired) electrons. The fraction of sp³-hybridized carbons (Fsp3) is 0.333. The Morgan fingerprint density at radius 3 is 2.57 bits per heavy atom. The first-order chi connectivity index (χ1) is 10.1. The molecule has 0 saturated heterocycles. The van der Waals surface area contributed by atoms with Crippen LogP contribution in [0.25, 0.3) is 0 Å². The number of nitrogens with zero attached hydrogens (tertiary/aromatic N) is 2. The summed E-state index contributed by atoms with van der Waals surface area (Å²) in [5.74, 6) is 2.26. The molecule has 2 aromatic rings. The molecule has 0 amide bonds. The first kappa shape index (κ1) is 16.2. The van der Waals surface area contributed by atoms with E-state index in [1.807, 2.05) is 31.2 Å².